The van der Waals surface area contributed by atoms with Crippen LogP contribution >= 0.6 is 0 Å². The molecule has 1 aliphatic heterocycles. The van der Waals surface area contributed by atoms with Gasteiger partial charge in [0.2, 0.25) is 0 Å². The SMILES string of the molecule is CC(C)(C)OC(=O)N1CCC(C)(OCc2cccc(C#N)c2)C1. The fourth-order valence-electron chi connectivity index (χ4n) is 2.52. The minimum Gasteiger partial charge on any atom is -0.444 e. The molecule has 5 heteroatoms. The first kappa shape index (κ1) is 17.3. The highest BCUT2D eigenvalue weighted by Gasteiger charge is 2.38. The molecule has 0 N–H and O–H groups in total. The average Bonchev–Trinajstić information content (AvgIpc) is 2.87. The van der Waals surface area contributed by atoms with Gasteiger partial charge in [-0.2, -0.15) is 5.26 Å². The summed E-state index contributed by atoms with van der Waals surface area (Å²) in [6, 6.07) is 9.50. The van der Waals surface area contributed by atoms with Crippen LogP contribution in [-0.4, -0.2) is 35.3 Å². The van der Waals surface area contributed by atoms with Crippen LogP contribution in [-0.2, 0) is 16.1 Å². The number of hydrogen-bond donors (Lipinski definition) is 0. The smallest absolute Gasteiger partial charge is 0.410 e. The topological polar surface area (TPSA) is 62.6 Å². The molecule has 0 bridgehead atoms. The van der Waals surface area contributed by atoms with E-state index in [0.717, 1.165) is 12.0 Å². The van der Waals surface area contributed by atoms with Crippen LogP contribution in [0, 0.1) is 11.3 Å². The summed E-state index contributed by atoms with van der Waals surface area (Å²) in [6.07, 6.45) is 0.473. The second kappa shape index (κ2) is 6.59. The summed E-state index contributed by atoms with van der Waals surface area (Å²) in [4.78, 5) is 13.8. The molecule has 0 aliphatic carbocycles. The van der Waals surface area contributed by atoms with E-state index in [0.29, 0.717) is 25.3 Å². The van der Waals surface area contributed by atoms with Crippen LogP contribution in [0.1, 0.15) is 45.2 Å². The lowest BCUT2D eigenvalue weighted by Crippen LogP contribution is -2.39. The normalized spacial score (nSPS) is 21.1. The number of carbonyl (C=O) groups is 1. The second-order valence-electron chi connectivity index (χ2n) is 7.20. The number of hydrogen-bond acceptors (Lipinski definition) is 4. The maximum atomic E-state index is 12.1. The molecule has 1 aromatic rings. The number of rotatable bonds is 3. The lowest BCUT2D eigenvalue weighted by Gasteiger charge is -2.27. The standard InChI is InChI=1S/C18H24N2O3/c1-17(2,3)23-16(21)20-9-8-18(4,13-20)22-12-15-7-5-6-14(10-15)11-19/h5-7,10H,8-9,12-13H2,1-4H3. The van der Waals surface area contributed by atoms with Gasteiger partial charge in [0.1, 0.15) is 5.60 Å². The predicted molar refractivity (Wildman–Crippen MR) is 86.8 cm³/mol. The summed E-state index contributed by atoms with van der Waals surface area (Å²) in [5, 5.41) is 8.93. The van der Waals surface area contributed by atoms with E-state index in [-0.39, 0.29) is 11.7 Å². The first-order chi connectivity index (χ1) is 10.7. The molecule has 0 aromatic heterocycles. The third-order valence-corrected chi connectivity index (χ3v) is 3.73. The van der Waals surface area contributed by atoms with Crippen molar-refractivity contribution < 1.29 is 14.3 Å². The van der Waals surface area contributed by atoms with Crippen molar-refractivity contribution in [1.29, 1.82) is 5.26 Å². The minimum atomic E-state index is -0.491. The monoisotopic (exact) mass is 316 g/mol. The highest BCUT2D eigenvalue weighted by Crippen LogP contribution is 2.27. The van der Waals surface area contributed by atoms with E-state index in [4.69, 9.17) is 14.7 Å². The van der Waals surface area contributed by atoms with Crippen LogP contribution in [0.3, 0.4) is 0 Å². The Kier molecular flexibility index (Phi) is 4.96. The molecule has 1 unspecified atom stereocenters. The lowest BCUT2D eigenvalue weighted by molar-refractivity contribution is -0.0374. The van der Waals surface area contributed by atoms with Crippen molar-refractivity contribution in [2.75, 3.05) is 13.1 Å². The van der Waals surface area contributed by atoms with Crippen molar-refractivity contribution in [3.63, 3.8) is 0 Å². The summed E-state index contributed by atoms with van der Waals surface area (Å²) in [5.74, 6) is 0. The van der Waals surface area contributed by atoms with Gasteiger partial charge in [-0.05, 0) is 51.8 Å². The van der Waals surface area contributed by atoms with Crippen LogP contribution in [0.5, 0.6) is 0 Å². The van der Waals surface area contributed by atoms with Gasteiger partial charge in [0.25, 0.3) is 0 Å². The van der Waals surface area contributed by atoms with Crippen molar-refractivity contribution >= 4 is 6.09 Å². The maximum absolute atomic E-state index is 12.1. The zero-order valence-electron chi connectivity index (χ0n) is 14.3. The molecule has 23 heavy (non-hydrogen) atoms. The van der Waals surface area contributed by atoms with Gasteiger partial charge in [0.05, 0.1) is 30.4 Å². The Morgan fingerprint density at radius 1 is 1.43 bits per heavy atom. The van der Waals surface area contributed by atoms with E-state index in [1.165, 1.54) is 0 Å². The number of benzene rings is 1. The molecule has 1 heterocycles. The predicted octanol–water partition coefficient (Wildman–Crippen LogP) is 3.47. The number of likely N-dealkylation sites (tertiary alicyclic amines) is 1. The third kappa shape index (κ3) is 4.97. The quantitative estimate of drug-likeness (QED) is 0.856. The van der Waals surface area contributed by atoms with Gasteiger partial charge < -0.3 is 14.4 Å². The number of amides is 1. The summed E-state index contributed by atoms with van der Waals surface area (Å²) < 4.78 is 11.4. The molecule has 1 fully saturated rings. The van der Waals surface area contributed by atoms with Crippen LogP contribution in [0.2, 0.25) is 0 Å². The molecule has 1 saturated heterocycles. The van der Waals surface area contributed by atoms with Crippen molar-refractivity contribution in [3.8, 4) is 6.07 Å². The first-order valence-electron chi connectivity index (χ1n) is 7.82. The number of carbonyl (C=O) groups excluding carboxylic acids is 1. The van der Waals surface area contributed by atoms with Crippen LogP contribution in [0.4, 0.5) is 4.79 Å². The molecule has 0 saturated carbocycles. The summed E-state index contributed by atoms with van der Waals surface area (Å²) in [6.45, 7) is 9.15. The number of nitrogens with zero attached hydrogens (tertiary/aromatic N) is 2. The zero-order chi connectivity index (χ0) is 17.1. The zero-order valence-corrected chi connectivity index (χ0v) is 14.3. The van der Waals surface area contributed by atoms with E-state index in [9.17, 15) is 4.79 Å². The molecular weight excluding hydrogens is 292 g/mol. The largest absolute Gasteiger partial charge is 0.444 e. The third-order valence-electron chi connectivity index (χ3n) is 3.73. The number of ether oxygens (including phenoxy) is 2. The van der Waals surface area contributed by atoms with E-state index >= 15 is 0 Å². The maximum Gasteiger partial charge on any atom is 0.410 e. The molecule has 1 aromatic carbocycles. The lowest BCUT2D eigenvalue weighted by atomic mass is 10.1. The van der Waals surface area contributed by atoms with E-state index in [1.54, 1.807) is 11.0 Å². The van der Waals surface area contributed by atoms with E-state index in [1.807, 2.05) is 45.9 Å². The Hall–Kier alpha value is -2.06. The van der Waals surface area contributed by atoms with E-state index in [2.05, 4.69) is 6.07 Å². The van der Waals surface area contributed by atoms with Gasteiger partial charge in [-0.15, -0.1) is 0 Å². The van der Waals surface area contributed by atoms with Gasteiger partial charge in [-0.1, -0.05) is 12.1 Å². The van der Waals surface area contributed by atoms with Crippen LogP contribution in [0.15, 0.2) is 24.3 Å². The Labute approximate surface area is 137 Å². The molecule has 1 aliphatic rings. The van der Waals surface area contributed by atoms with Crippen molar-refractivity contribution in [2.24, 2.45) is 0 Å². The minimum absolute atomic E-state index is 0.295. The fourth-order valence-corrected chi connectivity index (χ4v) is 2.52. The molecule has 5 nitrogen and oxygen atoms in total. The Morgan fingerprint density at radius 3 is 2.83 bits per heavy atom. The molecule has 2 rings (SSSR count). The van der Waals surface area contributed by atoms with Crippen LogP contribution in [0.25, 0.3) is 0 Å². The highest BCUT2D eigenvalue weighted by atomic mass is 16.6. The first-order valence-corrected chi connectivity index (χ1v) is 7.82. The summed E-state index contributed by atoms with van der Waals surface area (Å²) in [5.41, 5.74) is 0.702. The van der Waals surface area contributed by atoms with Gasteiger partial charge in [0.15, 0.2) is 0 Å². The van der Waals surface area contributed by atoms with Crippen LogP contribution < -0.4 is 0 Å². The highest BCUT2D eigenvalue weighted by molar-refractivity contribution is 5.68. The van der Waals surface area contributed by atoms with Gasteiger partial charge in [-0.3, -0.25) is 0 Å². The average molecular weight is 316 g/mol. The van der Waals surface area contributed by atoms with E-state index < -0.39 is 5.60 Å². The summed E-state index contributed by atoms with van der Waals surface area (Å²) >= 11 is 0. The fraction of sp³-hybridized carbons (Fsp3) is 0.556. The van der Waals surface area contributed by atoms with Gasteiger partial charge in [0, 0.05) is 6.54 Å². The molecule has 0 spiro atoms. The second-order valence-corrected chi connectivity index (χ2v) is 7.20. The molecule has 124 valence electrons. The molecule has 1 amide bonds. The van der Waals surface area contributed by atoms with Crippen molar-refractivity contribution in [3.05, 3.63) is 35.4 Å². The Balaban J connectivity index is 1.91. The molecular formula is C18H24N2O3. The Morgan fingerprint density at radius 2 is 2.17 bits per heavy atom. The van der Waals surface area contributed by atoms with Gasteiger partial charge in [-0.25, -0.2) is 4.79 Å². The Bertz CT molecular complexity index is 615. The molecule has 0 radical (unpaired) electrons. The number of nitriles is 1. The van der Waals surface area contributed by atoms with Gasteiger partial charge >= 0.3 is 6.09 Å². The van der Waals surface area contributed by atoms with Crippen molar-refractivity contribution in [2.45, 2.75) is 51.9 Å². The van der Waals surface area contributed by atoms with Crippen molar-refractivity contribution in [1.82, 2.24) is 4.90 Å². The summed E-state index contributed by atoms with van der Waals surface area (Å²) in [7, 11) is 0. The molecule has 1 atom stereocenters.